The topological polar surface area (TPSA) is 26.0 Å². The zero-order valence-electron chi connectivity index (χ0n) is 6.45. The van der Waals surface area contributed by atoms with Crippen LogP contribution in [0.25, 0.3) is 0 Å². The molecule has 0 aliphatic rings. The van der Waals surface area contributed by atoms with E-state index in [1.165, 1.54) is 12.8 Å². The molecule has 0 rings (SSSR count). The van der Waals surface area contributed by atoms with Crippen molar-refractivity contribution in [3.8, 4) is 0 Å². The average molecular weight is 241 g/mol. The summed E-state index contributed by atoms with van der Waals surface area (Å²) in [5.74, 6) is 0. The Morgan fingerprint density at radius 3 is 2.22 bits per heavy atom. The highest BCUT2D eigenvalue weighted by Crippen LogP contribution is 2.26. The van der Waals surface area contributed by atoms with Gasteiger partial charge in [-0.25, -0.2) is 0 Å². The second-order valence-corrected chi connectivity index (χ2v) is 5.28. The fourth-order valence-electron chi connectivity index (χ4n) is 0.716. The van der Waals surface area contributed by atoms with E-state index in [0.717, 1.165) is 0 Å². The summed E-state index contributed by atoms with van der Waals surface area (Å²) in [6, 6.07) is 0.304. The molecule has 0 aromatic rings. The Labute approximate surface area is 71.5 Å². The van der Waals surface area contributed by atoms with Crippen LogP contribution in [0.5, 0.6) is 0 Å². The van der Waals surface area contributed by atoms with E-state index in [0.29, 0.717) is 9.46 Å². The van der Waals surface area contributed by atoms with Gasteiger partial charge >= 0.3 is 0 Å². The van der Waals surface area contributed by atoms with Gasteiger partial charge in [-0.15, -0.1) is 0 Å². The number of alkyl halides is 1. The Kier molecular flexibility index (Phi) is 4.05. The lowest BCUT2D eigenvalue weighted by atomic mass is 9.99. The minimum absolute atomic E-state index is 0.298. The van der Waals surface area contributed by atoms with E-state index in [9.17, 15) is 0 Å². The SMILES string of the molecule is CCC[C@@](C)(I)C(C)N. The Balaban J connectivity index is 3.70. The van der Waals surface area contributed by atoms with Gasteiger partial charge in [-0.2, -0.15) is 0 Å². The molecule has 0 fully saturated rings. The van der Waals surface area contributed by atoms with E-state index in [4.69, 9.17) is 5.73 Å². The van der Waals surface area contributed by atoms with Gasteiger partial charge in [0.15, 0.2) is 0 Å². The van der Waals surface area contributed by atoms with Crippen molar-refractivity contribution in [3.05, 3.63) is 0 Å². The smallest absolute Gasteiger partial charge is 0.0342 e. The van der Waals surface area contributed by atoms with Crippen molar-refractivity contribution in [2.45, 2.75) is 43.1 Å². The first-order valence-electron chi connectivity index (χ1n) is 3.45. The molecule has 0 saturated carbocycles. The van der Waals surface area contributed by atoms with Gasteiger partial charge in [0.1, 0.15) is 0 Å². The molecular weight excluding hydrogens is 225 g/mol. The molecule has 0 amide bonds. The van der Waals surface area contributed by atoms with Crippen molar-refractivity contribution in [3.63, 3.8) is 0 Å². The van der Waals surface area contributed by atoms with E-state index in [-0.39, 0.29) is 0 Å². The van der Waals surface area contributed by atoms with E-state index in [1.807, 2.05) is 0 Å². The van der Waals surface area contributed by atoms with E-state index in [1.54, 1.807) is 0 Å². The highest BCUT2D eigenvalue weighted by atomic mass is 127. The largest absolute Gasteiger partial charge is 0.327 e. The molecule has 1 nitrogen and oxygen atoms in total. The average Bonchev–Trinajstić information content (AvgIpc) is 1.65. The van der Waals surface area contributed by atoms with Crippen molar-refractivity contribution < 1.29 is 0 Å². The van der Waals surface area contributed by atoms with Crippen LogP contribution in [0.1, 0.15) is 33.6 Å². The van der Waals surface area contributed by atoms with Gasteiger partial charge in [0, 0.05) is 9.46 Å². The lowest BCUT2D eigenvalue weighted by molar-refractivity contribution is 0.517. The molecule has 9 heavy (non-hydrogen) atoms. The molecule has 0 aromatic carbocycles. The summed E-state index contributed by atoms with van der Waals surface area (Å²) in [4.78, 5) is 0. The molecule has 56 valence electrons. The number of nitrogens with two attached hydrogens (primary N) is 1. The first-order valence-corrected chi connectivity index (χ1v) is 4.53. The molecule has 2 N–H and O–H groups in total. The number of hydrogen-bond donors (Lipinski definition) is 1. The van der Waals surface area contributed by atoms with Crippen molar-refractivity contribution in [1.29, 1.82) is 0 Å². The Morgan fingerprint density at radius 2 is 2.11 bits per heavy atom. The molecule has 0 aliphatic heterocycles. The summed E-state index contributed by atoms with van der Waals surface area (Å²) in [5.41, 5.74) is 5.75. The lowest BCUT2D eigenvalue weighted by Gasteiger charge is -2.25. The first-order chi connectivity index (χ1) is 4.00. The van der Waals surface area contributed by atoms with Crippen LogP contribution in [0, 0.1) is 0 Å². The molecular formula is C7H16IN. The highest BCUT2D eigenvalue weighted by molar-refractivity contribution is 14.1. The molecule has 0 aromatic heterocycles. The van der Waals surface area contributed by atoms with Crippen LogP contribution in [0.3, 0.4) is 0 Å². The van der Waals surface area contributed by atoms with E-state index < -0.39 is 0 Å². The summed E-state index contributed by atoms with van der Waals surface area (Å²) >= 11 is 2.44. The minimum Gasteiger partial charge on any atom is -0.327 e. The molecule has 0 saturated heterocycles. The van der Waals surface area contributed by atoms with Crippen LogP contribution in [0.2, 0.25) is 0 Å². The number of halogens is 1. The fourth-order valence-corrected chi connectivity index (χ4v) is 1.26. The Bertz CT molecular complexity index is 79.0. The fraction of sp³-hybridized carbons (Fsp3) is 1.00. The van der Waals surface area contributed by atoms with Crippen molar-refractivity contribution in [2.24, 2.45) is 5.73 Å². The molecule has 1 unspecified atom stereocenters. The van der Waals surface area contributed by atoms with Gasteiger partial charge < -0.3 is 5.73 Å². The van der Waals surface area contributed by atoms with E-state index in [2.05, 4.69) is 43.4 Å². The van der Waals surface area contributed by atoms with Crippen LogP contribution in [0.15, 0.2) is 0 Å². The summed E-state index contributed by atoms with van der Waals surface area (Å²) in [6.07, 6.45) is 2.44. The quantitative estimate of drug-likeness (QED) is 0.595. The molecule has 0 spiro atoms. The first kappa shape index (κ1) is 9.69. The van der Waals surface area contributed by atoms with Gasteiger partial charge in [0.05, 0.1) is 0 Å². The molecule has 0 aliphatic carbocycles. The third-order valence-corrected chi connectivity index (χ3v) is 3.21. The van der Waals surface area contributed by atoms with Crippen LogP contribution in [-0.2, 0) is 0 Å². The lowest BCUT2D eigenvalue weighted by Crippen LogP contribution is -2.37. The molecule has 0 radical (unpaired) electrons. The molecule has 0 heterocycles. The van der Waals surface area contributed by atoms with Crippen LogP contribution < -0.4 is 5.73 Å². The maximum absolute atomic E-state index is 5.75. The number of hydrogen-bond acceptors (Lipinski definition) is 1. The summed E-state index contributed by atoms with van der Waals surface area (Å²) in [6.45, 7) is 6.48. The maximum Gasteiger partial charge on any atom is 0.0342 e. The van der Waals surface area contributed by atoms with Crippen LogP contribution in [-0.4, -0.2) is 9.46 Å². The van der Waals surface area contributed by atoms with Crippen molar-refractivity contribution in [2.75, 3.05) is 0 Å². The molecule has 0 bridgehead atoms. The summed E-state index contributed by atoms with van der Waals surface area (Å²) < 4.78 is 0.298. The normalized spacial score (nSPS) is 21.0. The zero-order chi connectivity index (χ0) is 7.49. The van der Waals surface area contributed by atoms with Crippen LogP contribution in [0.4, 0.5) is 0 Å². The second kappa shape index (κ2) is 3.76. The number of rotatable bonds is 3. The van der Waals surface area contributed by atoms with Crippen molar-refractivity contribution >= 4 is 22.6 Å². The zero-order valence-corrected chi connectivity index (χ0v) is 8.60. The second-order valence-electron chi connectivity index (χ2n) is 2.82. The molecule has 2 atom stereocenters. The highest BCUT2D eigenvalue weighted by Gasteiger charge is 2.23. The maximum atomic E-state index is 5.75. The van der Waals surface area contributed by atoms with Gasteiger partial charge in [-0.1, -0.05) is 35.9 Å². The minimum atomic E-state index is 0.298. The monoisotopic (exact) mass is 241 g/mol. The van der Waals surface area contributed by atoms with Gasteiger partial charge in [-0.3, -0.25) is 0 Å². The third kappa shape index (κ3) is 3.40. The van der Waals surface area contributed by atoms with Crippen LogP contribution >= 0.6 is 22.6 Å². The summed E-state index contributed by atoms with van der Waals surface area (Å²) in [7, 11) is 0. The van der Waals surface area contributed by atoms with Gasteiger partial charge in [0.2, 0.25) is 0 Å². The molecule has 2 heteroatoms. The Morgan fingerprint density at radius 1 is 1.67 bits per heavy atom. The van der Waals surface area contributed by atoms with Gasteiger partial charge in [-0.05, 0) is 20.3 Å². The van der Waals surface area contributed by atoms with Gasteiger partial charge in [0.25, 0.3) is 0 Å². The predicted octanol–water partition coefficient (Wildman–Crippen LogP) is 2.33. The third-order valence-electron chi connectivity index (χ3n) is 1.69. The van der Waals surface area contributed by atoms with Crippen molar-refractivity contribution in [1.82, 2.24) is 0 Å². The standard InChI is InChI=1S/C7H16IN/c1-4-5-7(3,8)6(2)9/h6H,4-5,9H2,1-3H3/t6?,7-/m1/s1. The predicted molar refractivity (Wildman–Crippen MR) is 51.0 cm³/mol. The Hall–Kier alpha value is 0.690. The van der Waals surface area contributed by atoms with E-state index >= 15 is 0 Å². The summed E-state index contributed by atoms with van der Waals surface area (Å²) in [5, 5.41) is 0.